The zero-order chi connectivity index (χ0) is 25.9. The summed E-state index contributed by atoms with van der Waals surface area (Å²) in [6, 6.07) is 6.18. The Hall–Kier alpha value is -1.02. The second kappa shape index (κ2) is 12.2. The van der Waals surface area contributed by atoms with Crippen molar-refractivity contribution in [3.63, 3.8) is 0 Å². The molecule has 36 heavy (non-hydrogen) atoms. The number of hydrogen-bond acceptors (Lipinski definition) is 2. The maximum absolute atomic E-state index is 10.9. The van der Waals surface area contributed by atoms with Gasteiger partial charge in [-0.3, -0.25) is 0 Å². The summed E-state index contributed by atoms with van der Waals surface area (Å²) in [6.07, 6.45) is 17.9. The van der Waals surface area contributed by atoms with Gasteiger partial charge in [0.2, 0.25) is 0 Å². The molecule has 2 heteroatoms. The molecule has 0 bridgehead atoms. The van der Waals surface area contributed by atoms with Crippen LogP contribution in [0, 0.1) is 40.9 Å². The second-order valence-corrected chi connectivity index (χ2v) is 14.2. The molecule has 8 atom stereocenters. The van der Waals surface area contributed by atoms with Crippen LogP contribution in [0.2, 0.25) is 0 Å². The number of phenols is 1. The lowest BCUT2D eigenvalue weighted by atomic mass is 9.52. The van der Waals surface area contributed by atoms with Gasteiger partial charge in [-0.25, -0.2) is 0 Å². The quantitative estimate of drug-likeness (QED) is 0.303. The Kier molecular flexibility index (Phi) is 9.51. The van der Waals surface area contributed by atoms with Crippen molar-refractivity contribution in [3.8, 4) is 5.75 Å². The van der Waals surface area contributed by atoms with Crippen LogP contribution in [-0.4, -0.2) is 16.3 Å². The zero-order valence-electron chi connectivity index (χ0n) is 24.1. The van der Waals surface area contributed by atoms with E-state index in [1.165, 1.54) is 81.8 Å². The first kappa shape index (κ1) is 28.0. The predicted octanol–water partition coefficient (Wildman–Crippen LogP) is 9.27. The van der Waals surface area contributed by atoms with Crippen LogP contribution in [-0.2, 0) is 6.42 Å². The molecule has 4 unspecified atom stereocenters. The number of hydrogen-bond donors (Lipinski definition) is 2. The Morgan fingerprint density at radius 1 is 0.889 bits per heavy atom. The highest BCUT2D eigenvalue weighted by Crippen LogP contribution is 2.62. The van der Waals surface area contributed by atoms with Crippen molar-refractivity contribution in [3.05, 3.63) is 29.3 Å². The Morgan fingerprint density at radius 2 is 1.56 bits per heavy atom. The predicted molar refractivity (Wildman–Crippen MR) is 152 cm³/mol. The first-order chi connectivity index (χ1) is 17.2. The van der Waals surface area contributed by atoms with Gasteiger partial charge < -0.3 is 10.2 Å². The summed E-state index contributed by atoms with van der Waals surface area (Å²) < 4.78 is 0. The van der Waals surface area contributed by atoms with E-state index in [1.54, 1.807) is 0 Å². The fourth-order valence-electron chi connectivity index (χ4n) is 8.74. The van der Waals surface area contributed by atoms with Crippen molar-refractivity contribution in [1.82, 2.24) is 0 Å². The number of aliphatic hydroxyl groups excluding tert-OH is 1. The van der Waals surface area contributed by atoms with E-state index in [0.717, 1.165) is 37.0 Å². The third-order valence-electron chi connectivity index (χ3n) is 11.0. The molecule has 3 aliphatic rings. The minimum Gasteiger partial charge on any atom is -0.508 e. The van der Waals surface area contributed by atoms with Gasteiger partial charge >= 0.3 is 0 Å². The van der Waals surface area contributed by atoms with Crippen LogP contribution < -0.4 is 0 Å². The number of rotatable bonds is 12. The van der Waals surface area contributed by atoms with E-state index in [4.69, 9.17) is 0 Å². The minimum atomic E-state index is -0.113. The van der Waals surface area contributed by atoms with Gasteiger partial charge in [-0.15, -0.1) is 0 Å². The molecule has 0 amide bonds. The van der Waals surface area contributed by atoms with Crippen LogP contribution in [0.15, 0.2) is 18.2 Å². The van der Waals surface area contributed by atoms with E-state index in [-0.39, 0.29) is 11.5 Å². The van der Waals surface area contributed by atoms with Gasteiger partial charge in [0.15, 0.2) is 0 Å². The highest BCUT2D eigenvalue weighted by molar-refractivity contribution is 5.40. The number of phenolic OH excluding ortho intramolecular Hbond substituents is 1. The summed E-state index contributed by atoms with van der Waals surface area (Å²) in [5.41, 5.74) is 3.03. The molecule has 3 aliphatic carbocycles. The zero-order valence-corrected chi connectivity index (χ0v) is 24.1. The highest BCUT2D eigenvalue weighted by Gasteiger charge is 2.56. The first-order valence-electron chi connectivity index (χ1n) is 15.7. The molecule has 4 rings (SSSR count). The summed E-state index contributed by atoms with van der Waals surface area (Å²) in [4.78, 5) is 0. The Bertz CT molecular complexity index is 830. The van der Waals surface area contributed by atoms with Gasteiger partial charge in [-0.05, 0) is 109 Å². The molecule has 1 aromatic rings. The number of aromatic hydroxyl groups is 1. The van der Waals surface area contributed by atoms with Crippen LogP contribution in [0.4, 0.5) is 0 Å². The van der Waals surface area contributed by atoms with E-state index in [0.29, 0.717) is 29.4 Å². The van der Waals surface area contributed by atoms with Gasteiger partial charge in [-0.1, -0.05) is 92.1 Å². The summed E-state index contributed by atoms with van der Waals surface area (Å²) in [6.45, 7) is 12.0. The average molecular weight is 497 g/mol. The topological polar surface area (TPSA) is 40.5 Å². The molecule has 0 heterocycles. The summed E-state index contributed by atoms with van der Waals surface area (Å²) in [5.74, 6) is 5.67. The lowest BCUT2D eigenvalue weighted by Gasteiger charge is -2.53. The average Bonchev–Trinajstić information content (AvgIpc) is 3.12. The largest absolute Gasteiger partial charge is 0.508 e. The Balaban J connectivity index is 1.31. The van der Waals surface area contributed by atoms with Crippen LogP contribution >= 0.6 is 0 Å². The van der Waals surface area contributed by atoms with E-state index in [9.17, 15) is 10.2 Å². The Morgan fingerprint density at radius 3 is 2.25 bits per heavy atom. The molecule has 1 aromatic carbocycles. The van der Waals surface area contributed by atoms with Crippen molar-refractivity contribution in [2.24, 2.45) is 40.9 Å². The van der Waals surface area contributed by atoms with Crippen LogP contribution in [0.1, 0.15) is 135 Å². The maximum atomic E-state index is 10.9. The van der Waals surface area contributed by atoms with Gasteiger partial charge in [0.25, 0.3) is 0 Å². The van der Waals surface area contributed by atoms with Crippen molar-refractivity contribution >= 4 is 0 Å². The highest BCUT2D eigenvalue weighted by atomic mass is 16.3. The number of benzene rings is 1. The molecular formula is C34H56O2. The van der Waals surface area contributed by atoms with Crippen molar-refractivity contribution in [1.29, 1.82) is 0 Å². The smallest absolute Gasteiger partial charge is 0.115 e. The van der Waals surface area contributed by atoms with E-state index < -0.39 is 0 Å². The maximum Gasteiger partial charge on any atom is 0.115 e. The van der Waals surface area contributed by atoms with E-state index in [2.05, 4.69) is 46.8 Å². The molecule has 2 N–H and O–H groups in total. The molecule has 0 spiro atoms. The monoisotopic (exact) mass is 496 g/mol. The molecule has 0 aliphatic heterocycles. The molecule has 2 nitrogen and oxygen atoms in total. The van der Waals surface area contributed by atoms with Crippen LogP contribution in [0.3, 0.4) is 0 Å². The van der Waals surface area contributed by atoms with Crippen LogP contribution in [0.5, 0.6) is 5.75 Å². The van der Waals surface area contributed by atoms with Gasteiger partial charge in [0.1, 0.15) is 5.75 Å². The standard InChI is InChI=1S/C34H56O2/c1-23(2)9-6-10-24(3)11-7-12-25(4)13-8-14-26-21-27-22-28(35)15-16-29(27)30-19-20-34(5)31(33(26)30)17-18-32(34)36/h15-16,22-26,30-33,35-36H,6-14,17-21H2,1-5H3/t24-,25-,26?,30?,31?,32+,33?,34+/m1/s1. The van der Waals surface area contributed by atoms with Crippen molar-refractivity contribution in [2.45, 2.75) is 137 Å². The summed E-state index contributed by atoms with van der Waals surface area (Å²) >= 11 is 0. The van der Waals surface area contributed by atoms with Gasteiger partial charge in [0.05, 0.1) is 6.10 Å². The summed E-state index contributed by atoms with van der Waals surface area (Å²) in [5, 5.41) is 21.1. The van der Waals surface area contributed by atoms with Gasteiger partial charge in [0, 0.05) is 0 Å². The first-order valence-corrected chi connectivity index (χ1v) is 15.7. The van der Waals surface area contributed by atoms with Crippen molar-refractivity contribution in [2.75, 3.05) is 0 Å². The fourth-order valence-corrected chi connectivity index (χ4v) is 8.74. The number of aliphatic hydroxyl groups is 1. The van der Waals surface area contributed by atoms with Gasteiger partial charge in [-0.2, -0.15) is 0 Å². The molecule has 0 aromatic heterocycles. The van der Waals surface area contributed by atoms with E-state index >= 15 is 0 Å². The Labute approximate surface area is 222 Å². The molecule has 204 valence electrons. The lowest BCUT2D eigenvalue weighted by molar-refractivity contribution is -0.0397. The third kappa shape index (κ3) is 6.33. The molecular weight excluding hydrogens is 440 g/mol. The normalized spacial score (nSPS) is 33.1. The summed E-state index contributed by atoms with van der Waals surface area (Å²) in [7, 11) is 0. The third-order valence-corrected chi connectivity index (χ3v) is 11.0. The lowest BCUT2D eigenvalue weighted by Crippen LogP contribution is -2.47. The minimum absolute atomic E-state index is 0.113. The van der Waals surface area contributed by atoms with E-state index in [1.807, 2.05) is 6.07 Å². The molecule has 2 saturated carbocycles. The number of fused-ring (bicyclic) bond motifs is 5. The SMILES string of the molecule is CC(C)CCC[C@@H](C)CCC[C@@H](C)CCCC1Cc2cc(O)ccc2C2CC[C@@]3(C)C(CC[C@@H]3O)C12. The van der Waals surface area contributed by atoms with Crippen LogP contribution in [0.25, 0.3) is 0 Å². The molecule has 0 saturated heterocycles. The molecule has 0 radical (unpaired) electrons. The van der Waals surface area contributed by atoms with Crippen molar-refractivity contribution < 1.29 is 10.2 Å². The fraction of sp³-hybridized carbons (Fsp3) is 0.824. The molecule has 2 fully saturated rings. The second-order valence-electron chi connectivity index (χ2n) is 14.2.